The highest BCUT2D eigenvalue weighted by Crippen LogP contribution is 2.38. The minimum Gasteiger partial charge on any atom is -0.193 e. The fraction of sp³-hybridized carbons (Fsp3) is 0.688. The third-order valence-electron chi connectivity index (χ3n) is 4.39. The van der Waals surface area contributed by atoms with E-state index in [0.717, 1.165) is 30.3 Å². The zero-order valence-electron chi connectivity index (χ0n) is 10.9. The predicted molar refractivity (Wildman–Crippen MR) is 71.4 cm³/mol. The Bertz CT molecular complexity index is 348. The molecule has 1 nitrogen and oxygen atoms in total. The van der Waals surface area contributed by atoms with E-state index in [1.165, 1.54) is 38.5 Å². The fourth-order valence-electron chi connectivity index (χ4n) is 3.32. The molecule has 0 atom stereocenters. The molecule has 0 bridgehead atoms. The van der Waals surface area contributed by atoms with Crippen molar-refractivity contribution >= 4 is 0 Å². The summed E-state index contributed by atoms with van der Waals surface area (Å²) in [7, 11) is 0. The highest BCUT2D eigenvalue weighted by Gasteiger charge is 2.23. The Kier molecular flexibility index (Phi) is 4.42. The molecule has 0 radical (unpaired) electrons. The maximum Gasteiger partial charge on any atom is 0.0947 e. The number of hydrogen-bond donors (Lipinski definition) is 0. The van der Waals surface area contributed by atoms with Crippen LogP contribution in [0.2, 0.25) is 0 Å². The Morgan fingerprint density at radius 2 is 1.94 bits per heavy atom. The standard InChI is InChI=1S/C16H23N/c1-2-3-13-4-8-15(9-5-13)16-10-6-14(12-17)7-11-16/h6,10,13,15H,2-5,7-9,11H2,1H3. The second-order valence-electron chi connectivity index (χ2n) is 5.55. The van der Waals surface area contributed by atoms with Crippen molar-refractivity contribution in [3.63, 3.8) is 0 Å². The van der Waals surface area contributed by atoms with Crippen LogP contribution in [-0.2, 0) is 0 Å². The van der Waals surface area contributed by atoms with Crippen LogP contribution < -0.4 is 0 Å². The van der Waals surface area contributed by atoms with E-state index in [1.54, 1.807) is 5.57 Å². The first-order valence-electron chi connectivity index (χ1n) is 7.13. The van der Waals surface area contributed by atoms with Gasteiger partial charge in [-0.3, -0.25) is 0 Å². The normalized spacial score (nSPS) is 29.2. The summed E-state index contributed by atoms with van der Waals surface area (Å²) in [4.78, 5) is 0. The monoisotopic (exact) mass is 229 g/mol. The molecule has 1 heteroatoms. The van der Waals surface area contributed by atoms with E-state index in [1.807, 2.05) is 6.08 Å². The Balaban J connectivity index is 1.88. The van der Waals surface area contributed by atoms with Crippen molar-refractivity contribution in [3.05, 3.63) is 23.3 Å². The molecular formula is C16H23N. The molecule has 0 aromatic rings. The quantitative estimate of drug-likeness (QED) is 0.684. The van der Waals surface area contributed by atoms with Gasteiger partial charge in [0, 0.05) is 5.57 Å². The molecule has 0 N–H and O–H groups in total. The van der Waals surface area contributed by atoms with Crippen LogP contribution in [0.4, 0.5) is 0 Å². The lowest BCUT2D eigenvalue weighted by atomic mass is 9.75. The van der Waals surface area contributed by atoms with Gasteiger partial charge < -0.3 is 0 Å². The minimum atomic E-state index is 0.819. The summed E-state index contributed by atoms with van der Waals surface area (Å²) >= 11 is 0. The lowest BCUT2D eigenvalue weighted by Crippen LogP contribution is -2.17. The van der Waals surface area contributed by atoms with Crippen LogP contribution in [0.1, 0.15) is 58.3 Å². The van der Waals surface area contributed by atoms with Crippen LogP contribution in [-0.4, -0.2) is 0 Å². The molecule has 0 heterocycles. The van der Waals surface area contributed by atoms with Gasteiger partial charge in [0.2, 0.25) is 0 Å². The molecule has 0 saturated heterocycles. The third kappa shape index (κ3) is 3.22. The van der Waals surface area contributed by atoms with Crippen molar-refractivity contribution in [2.45, 2.75) is 58.3 Å². The molecular weight excluding hydrogens is 206 g/mol. The summed E-state index contributed by atoms with van der Waals surface area (Å²) in [6, 6.07) is 2.27. The molecule has 2 aliphatic carbocycles. The molecule has 0 aromatic carbocycles. The van der Waals surface area contributed by atoms with Gasteiger partial charge in [0.1, 0.15) is 0 Å². The van der Waals surface area contributed by atoms with Crippen LogP contribution in [0.5, 0.6) is 0 Å². The van der Waals surface area contributed by atoms with Gasteiger partial charge in [-0.15, -0.1) is 0 Å². The average molecular weight is 229 g/mol. The summed E-state index contributed by atoms with van der Waals surface area (Å²) in [5.74, 6) is 1.81. The maximum absolute atomic E-state index is 8.83. The van der Waals surface area contributed by atoms with Crippen molar-refractivity contribution < 1.29 is 0 Å². The van der Waals surface area contributed by atoms with Crippen molar-refractivity contribution in [2.24, 2.45) is 11.8 Å². The van der Waals surface area contributed by atoms with Gasteiger partial charge in [-0.2, -0.15) is 5.26 Å². The van der Waals surface area contributed by atoms with Gasteiger partial charge in [-0.1, -0.05) is 31.4 Å². The molecule has 0 spiro atoms. The summed E-state index contributed by atoms with van der Waals surface area (Å²) in [5, 5.41) is 8.83. The summed E-state index contributed by atoms with van der Waals surface area (Å²) in [6.45, 7) is 2.30. The first kappa shape index (κ1) is 12.4. The van der Waals surface area contributed by atoms with E-state index in [9.17, 15) is 0 Å². The van der Waals surface area contributed by atoms with E-state index in [0.29, 0.717) is 0 Å². The third-order valence-corrected chi connectivity index (χ3v) is 4.39. The van der Waals surface area contributed by atoms with Crippen molar-refractivity contribution in [3.8, 4) is 6.07 Å². The number of nitrogens with zero attached hydrogens (tertiary/aromatic N) is 1. The molecule has 2 aliphatic rings. The Morgan fingerprint density at radius 3 is 2.47 bits per heavy atom. The number of nitriles is 1. The van der Waals surface area contributed by atoms with Crippen LogP contribution in [0.3, 0.4) is 0 Å². The first-order valence-corrected chi connectivity index (χ1v) is 7.13. The molecule has 92 valence electrons. The highest BCUT2D eigenvalue weighted by molar-refractivity contribution is 5.33. The molecule has 1 fully saturated rings. The van der Waals surface area contributed by atoms with E-state index in [-0.39, 0.29) is 0 Å². The van der Waals surface area contributed by atoms with E-state index < -0.39 is 0 Å². The van der Waals surface area contributed by atoms with Gasteiger partial charge in [-0.05, 0) is 56.4 Å². The lowest BCUT2D eigenvalue weighted by molar-refractivity contribution is 0.282. The van der Waals surface area contributed by atoms with Crippen molar-refractivity contribution in [1.82, 2.24) is 0 Å². The Labute approximate surface area is 105 Å². The molecule has 1 saturated carbocycles. The van der Waals surface area contributed by atoms with E-state index in [4.69, 9.17) is 5.26 Å². The van der Waals surface area contributed by atoms with E-state index in [2.05, 4.69) is 19.1 Å². The van der Waals surface area contributed by atoms with Gasteiger partial charge >= 0.3 is 0 Å². The summed E-state index contributed by atoms with van der Waals surface area (Å²) < 4.78 is 0. The molecule has 0 unspecified atom stereocenters. The molecule has 0 amide bonds. The minimum absolute atomic E-state index is 0.819. The Hall–Kier alpha value is -1.03. The molecule has 17 heavy (non-hydrogen) atoms. The van der Waals surface area contributed by atoms with Gasteiger partial charge in [0.15, 0.2) is 0 Å². The predicted octanol–water partition coefficient (Wildman–Crippen LogP) is 4.76. The van der Waals surface area contributed by atoms with Crippen LogP contribution in [0, 0.1) is 23.2 Å². The van der Waals surface area contributed by atoms with Gasteiger partial charge in [-0.25, -0.2) is 0 Å². The van der Waals surface area contributed by atoms with E-state index >= 15 is 0 Å². The zero-order chi connectivity index (χ0) is 12.1. The first-order chi connectivity index (χ1) is 8.33. The van der Waals surface area contributed by atoms with Crippen LogP contribution >= 0.6 is 0 Å². The smallest absolute Gasteiger partial charge is 0.0947 e. The molecule has 2 rings (SSSR count). The van der Waals surface area contributed by atoms with Crippen LogP contribution in [0.25, 0.3) is 0 Å². The summed E-state index contributed by atoms with van der Waals surface area (Å²) in [5.41, 5.74) is 2.56. The van der Waals surface area contributed by atoms with Gasteiger partial charge in [0.25, 0.3) is 0 Å². The highest BCUT2D eigenvalue weighted by atomic mass is 14.3. The molecule has 0 aliphatic heterocycles. The number of rotatable bonds is 3. The SMILES string of the molecule is CCCC1CCC(C2=CC=C(C#N)CC2)CC1. The number of hydrogen-bond acceptors (Lipinski definition) is 1. The zero-order valence-corrected chi connectivity index (χ0v) is 10.9. The lowest BCUT2D eigenvalue weighted by Gasteiger charge is -2.30. The largest absolute Gasteiger partial charge is 0.193 e. The molecule has 0 aromatic heterocycles. The Morgan fingerprint density at radius 1 is 1.18 bits per heavy atom. The van der Waals surface area contributed by atoms with Gasteiger partial charge in [0.05, 0.1) is 6.07 Å². The second kappa shape index (κ2) is 6.05. The summed E-state index contributed by atoms with van der Waals surface area (Å²) in [6.07, 6.45) is 14.7. The van der Waals surface area contributed by atoms with Crippen LogP contribution in [0.15, 0.2) is 23.3 Å². The van der Waals surface area contributed by atoms with Crippen molar-refractivity contribution in [1.29, 1.82) is 5.26 Å². The second-order valence-corrected chi connectivity index (χ2v) is 5.55. The number of allylic oxidation sites excluding steroid dienone is 4. The maximum atomic E-state index is 8.83. The average Bonchev–Trinajstić information content (AvgIpc) is 2.40. The van der Waals surface area contributed by atoms with Crippen molar-refractivity contribution in [2.75, 3.05) is 0 Å². The topological polar surface area (TPSA) is 23.8 Å². The fourth-order valence-corrected chi connectivity index (χ4v) is 3.32.